The molecule has 1 heterocycles. The van der Waals surface area contributed by atoms with Crippen molar-refractivity contribution in [2.24, 2.45) is 0 Å². The maximum absolute atomic E-state index is 11.5. The first kappa shape index (κ1) is 21.6. The molecule has 1 atom stereocenters. The highest BCUT2D eigenvalue weighted by Gasteiger charge is 2.14. The molecule has 30 heavy (non-hydrogen) atoms. The summed E-state index contributed by atoms with van der Waals surface area (Å²) in [6, 6.07) is 15.1. The molecule has 0 radical (unpaired) electrons. The van der Waals surface area contributed by atoms with E-state index in [0.717, 1.165) is 5.56 Å². The van der Waals surface area contributed by atoms with Crippen LogP contribution in [0.3, 0.4) is 0 Å². The van der Waals surface area contributed by atoms with E-state index in [1.165, 1.54) is 13.4 Å². The lowest BCUT2D eigenvalue weighted by atomic mass is 10.0. The summed E-state index contributed by atoms with van der Waals surface area (Å²) >= 11 is 0. The number of pyridine rings is 1. The van der Waals surface area contributed by atoms with Crippen LogP contribution in [0.4, 0.5) is 0 Å². The molecule has 0 spiro atoms. The second kappa shape index (κ2) is 9.15. The number of aliphatic hydroxyl groups excluding tert-OH is 1. The Morgan fingerprint density at radius 1 is 0.933 bits per heavy atom. The SMILES string of the molecule is COc1ccc(C(O)c2ccc(OCc3ccc(S(C)(=O)=O)cc3)nc2)cc1OC. The summed E-state index contributed by atoms with van der Waals surface area (Å²) < 4.78 is 39.1. The number of aliphatic hydroxyl groups is 1. The summed E-state index contributed by atoms with van der Waals surface area (Å²) in [5.74, 6) is 1.51. The molecule has 8 heteroatoms. The summed E-state index contributed by atoms with van der Waals surface area (Å²) in [7, 11) is -0.132. The third-order valence-corrected chi connectivity index (χ3v) is 5.66. The number of hydrogen-bond donors (Lipinski definition) is 1. The van der Waals surface area contributed by atoms with E-state index < -0.39 is 15.9 Å². The fraction of sp³-hybridized carbons (Fsp3) is 0.227. The molecule has 3 rings (SSSR count). The second-order valence-corrected chi connectivity index (χ2v) is 8.67. The number of sulfone groups is 1. The van der Waals surface area contributed by atoms with E-state index >= 15 is 0 Å². The van der Waals surface area contributed by atoms with Crippen molar-refractivity contribution >= 4 is 9.84 Å². The quantitative estimate of drug-likeness (QED) is 0.588. The molecule has 0 saturated carbocycles. The lowest BCUT2D eigenvalue weighted by Crippen LogP contribution is -2.03. The molecule has 0 aliphatic heterocycles. The average Bonchev–Trinajstić information content (AvgIpc) is 2.76. The Labute approximate surface area is 175 Å². The Morgan fingerprint density at radius 2 is 1.60 bits per heavy atom. The van der Waals surface area contributed by atoms with Gasteiger partial charge in [-0.3, -0.25) is 0 Å². The molecule has 1 aromatic heterocycles. The zero-order valence-corrected chi connectivity index (χ0v) is 17.7. The van der Waals surface area contributed by atoms with Crippen LogP contribution in [0.2, 0.25) is 0 Å². The van der Waals surface area contributed by atoms with Crippen molar-refractivity contribution in [1.82, 2.24) is 4.98 Å². The maximum atomic E-state index is 11.5. The average molecular weight is 429 g/mol. The molecular weight excluding hydrogens is 406 g/mol. The van der Waals surface area contributed by atoms with Gasteiger partial charge in [-0.2, -0.15) is 0 Å². The fourth-order valence-corrected chi connectivity index (χ4v) is 3.47. The monoisotopic (exact) mass is 429 g/mol. The number of benzene rings is 2. The van der Waals surface area contributed by atoms with Crippen molar-refractivity contribution < 1.29 is 27.7 Å². The van der Waals surface area contributed by atoms with Crippen molar-refractivity contribution in [2.75, 3.05) is 20.5 Å². The van der Waals surface area contributed by atoms with E-state index in [-0.39, 0.29) is 11.5 Å². The van der Waals surface area contributed by atoms with Gasteiger partial charge in [0.1, 0.15) is 12.7 Å². The first-order valence-electron chi connectivity index (χ1n) is 9.09. The van der Waals surface area contributed by atoms with E-state index in [1.807, 2.05) is 0 Å². The van der Waals surface area contributed by atoms with Crippen molar-refractivity contribution in [3.05, 3.63) is 77.5 Å². The number of hydrogen-bond acceptors (Lipinski definition) is 7. The first-order chi connectivity index (χ1) is 14.3. The van der Waals surface area contributed by atoms with Crippen LogP contribution in [0.5, 0.6) is 17.4 Å². The Balaban J connectivity index is 1.66. The highest BCUT2D eigenvalue weighted by Crippen LogP contribution is 2.32. The van der Waals surface area contributed by atoms with Crippen LogP contribution in [0.1, 0.15) is 22.8 Å². The van der Waals surface area contributed by atoms with E-state index in [0.29, 0.717) is 28.5 Å². The van der Waals surface area contributed by atoms with E-state index in [9.17, 15) is 13.5 Å². The normalized spacial score (nSPS) is 12.3. The Kier molecular flexibility index (Phi) is 6.59. The summed E-state index contributed by atoms with van der Waals surface area (Å²) in [4.78, 5) is 4.50. The smallest absolute Gasteiger partial charge is 0.213 e. The van der Waals surface area contributed by atoms with Gasteiger partial charge in [-0.05, 0) is 41.5 Å². The molecular formula is C22H23NO6S. The summed E-state index contributed by atoms with van der Waals surface area (Å²) in [6.45, 7) is 0.245. The van der Waals surface area contributed by atoms with Gasteiger partial charge in [0.2, 0.25) is 5.88 Å². The van der Waals surface area contributed by atoms with Crippen LogP contribution in [-0.2, 0) is 16.4 Å². The minimum Gasteiger partial charge on any atom is -0.493 e. The Hall–Kier alpha value is -3.10. The number of rotatable bonds is 8. The van der Waals surface area contributed by atoms with Crippen molar-refractivity contribution in [3.63, 3.8) is 0 Å². The molecule has 0 aliphatic carbocycles. The van der Waals surface area contributed by atoms with Crippen LogP contribution < -0.4 is 14.2 Å². The number of methoxy groups -OCH3 is 2. The van der Waals surface area contributed by atoms with Gasteiger partial charge >= 0.3 is 0 Å². The summed E-state index contributed by atoms with van der Waals surface area (Å²) in [5, 5.41) is 10.6. The van der Waals surface area contributed by atoms with Crippen molar-refractivity contribution in [1.29, 1.82) is 0 Å². The van der Waals surface area contributed by atoms with Gasteiger partial charge in [0, 0.05) is 24.1 Å². The van der Waals surface area contributed by atoms with Gasteiger partial charge in [-0.15, -0.1) is 0 Å². The molecule has 1 N–H and O–H groups in total. The van der Waals surface area contributed by atoms with Crippen molar-refractivity contribution in [2.45, 2.75) is 17.6 Å². The molecule has 0 bridgehead atoms. The largest absolute Gasteiger partial charge is 0.493 e. The van der Waals surface area contributed by atoms with Gasteiger partial charge in [0.15, 0.2) is 21.3 Å². The number of ether oxygens (including phenoxy) is 3. The van der Waals surface area contributed by atoms with E-state index in [2.05, 4.69) is 4.98 Å². The standard InChI is InChI=1S/C22H23NO6S/c1-27-19-10-6-16(12-20(19)28-2)22(24)17-7-11-21(23-13-17)29-14-15-4-8-18(9-5-15)30(3,25)26/h4-13,22,24H,14H2,1-3H3. The van der Waals surface area contributed by atoms with Crippen LogP contribution in [0.15, 0.2) is 65.7 Å². The molecule has 1 unspecified atom stereocenters. The second-order valence-electron chi connectivity index (χ2n) is 6.65. The number of aromatic nitrogens is 1. The Morgan fingerprint density at radius 3 is 2.17 bits per heavy atom. The van der Waals surface area contributed by atoms with Gasteiger partial charge in [-0.25, -0.2) is 13.4 Å². The van der Waals surface area contributed by atoms with Crippen molar-refractivity contribution in [3.8, 4) is 17.4 Å². The van der Waals surface area contributed by atoms with Gasteiger partial charge < -0.3 is 19.3 Å². The Bertz CT molecular complexity index is 1100. The molecule has 0 fully saturated rings. The highest BCUT2D eigenvalue weighted by atomic mass is 32.2. The molecule has 0 aliphatic rings. The molecule has 0 saturated heterocycles. The lowest BCUT2D eigenvalue weighted by molar-refractivity contribution is 0.218. The predicted molar refractivity (Wildman–Crippen MR) is 112 cm³/mol. The molecule has 3 aromatic rings. The lowest BCUT2D eigenvalue weighted by Gasteiger charge is -2.15. The summed E-state index contributed by atoms with van der Waals surface area (Å²) in [6.07, 6.45) is 1.83. The van der Waals surface area contributed by atoms with Gasteiger partial charge in [0.05, 0.1) is 19.1 Å². The minimum atomic E-state index is -3.22. The van der Waals surface area contributed by atoms with Crippen LogP contribution >= 0.6 is 0 Å². The van der Waals surface area contributed by atoms with Crippen LogP contribution in [0, 0.1) is 0 Å². The van der Waals surface area contributed by atoms with Gasteiger partial charge in [0.25, 0.3) is 0 Å². The zero-order chi connectivity index (χ0) is 21.7. The zero-order valence-electron chi connectivity index (χ0n) is 16.9. The molecule has 2 aromatic carbocycles. The molecule has 0 amide bonds. The first-order valence-corrected chi connectivity index (χ1v) is 11.0. The minimum absolute atomic E-state index is 0.245. The predicted octanol–water partition coefficient (Wildman–Crippen LogP) is 3.16. The number of nitrogens with zero attached hydrogens (tertiary/aromatic N) is 1. The van der Waals surface area contributed by atoms with E-state index in [4.69, 9.17) is 14.2 Å². The fourth-order valence-electron chi connectivity index (χ4n) is 2.84. The molecule has 7 nitrogen and oxygen atoms in total. The topological polar surface area (TPSA) is 95.0 Å². The third-order valence-electron chi connectivity index (χ3n) is 4.54. The third kappa shape index (κ3) is 5.08. The highest BCUT2D eigenvalue weighted by molar-refractivity contribution is 7.90. The van der Waals surface area contributed by atoms with Crippen LogP contribution in [0.25, 0.3) is 0 Å². The van der Waals surface area contributed by atoms with E-state index in [1.54, 1.807) is 67.9 Å². The van der Waals surface area contributed by atoms with Gasteiger partial charge in [-0.1, -0.05) is 18.2 Å². The van der Waals surface area contributed by atoms with Crippen LogP contribution in [-0.4, -0.2) is 39.0 Å². The summed E-state index contributed by atoms with van der Waals surface area (Å²) in [5.41, 5.74) is 2.07. The maximum Gasteiger partial charge on any atom is 0.213 e. The molecule has 158 valence electrons.